The molecule has 0 aliphatic heterocycles. The number of anilines is 1. The quantitative estimate of drug-likeness (QED) is 0.780. The summed E-state index contributed by atoms with van der Waals surface area (Å²) in [6.45, 7) is 1.84. The molecule has 0 aliphatic rings. The zero-order valence-corrected chi connectivity index (χ0v) is 11.8. The molecule has 1 aromatic carbocycles. The lowest BCUT2D eigenvalue weighted by atomic mass is 10.2. The molecule has 5 nitrogen and oxygen atoms in total. The maximum atomic E-state index is 11.7. The monoisotopic (exact) mass is 304 g/mol. The van der Waals surface area contributed by atoms with Gasteiger partial charge in [-0.1, -0.05) is 36.5 Å². The molecule has 2 amide bonds. The Morgan fingerprint density at radius 1 is 1.37 bits per heavy atom. The van der Waals surface area contributed by atoms with Crippen molar-refractivity contribution in [3.63, 3.8) is 0 Å². The van der Waals surface area contributed by atoms with Crippen LogP contribution in [0.2, 0.25) is 10.0 Å². The number of carbonyl (C=O) groups excluding carboxylic acids is 1. The standard InChI is InChI=1S/C12H14Cl2N2O3/c1-2-3-9(11(17)18)15-12(19)16-10-6-7(13)4-5-8(10)14/h4-6,9H,2-3H2,1H3,(H,17,18)(H2,15,16,19). The van der Waals surface area contributed by atoms with E-state index in [1.165, 1.54) is 6.07 Å². The number of rotatable bonds is 5. The van der Waals surface area contributed by atoms with Gasteiger partial charge >= 0.3 is 12.0 Å². The molecule has 0 aliphatic carbocycles. The molecule has 0 aromatic heterocycles. The number of nitrogens with one attached hydrogen (secondary N) is 2. The van der Waals surface area contributed by atoms with Crippen molar-refractivity contribution in [1.29, 1.82) is 0 Å². The van der Waals surface area contributed by atoms with Gasteiger partial charge in [-0.3, -0.25) is 0 Å². The topological polar surface area (TPSA) is 78.4 Å². The van der Waals surface area contributed by atoms with Crippen LogP contribution in [0.1, 0.15) is 19.8 Å². The molecule has 0 fully saturated rings. The van der Waals surface area contributed by atoms with Gasteiger partial charge in [0, 0.05) is 5.02 Å². The zero-order chi connectivity index (χ0) is 14.4. The summed E-state index contributed by atoms with van der Waals surface area (Å²) in [4.78, 5) is 22.6. The van der Waals surface area contributed by atoms with Crippen molar-refractivity contribution in [3.8, 4) is 0 Å². The lowest BCUT2D eigenvalue weighted by Crippen LogP contribution is -2.42. The van der Waals surface area contributed by atoms with Crippen LogP contribution in [0.15, 0.2) is 18.2 Å². The Labute approximate surface area is 120 Å². The molecule has 1 atom stereocenters. The minimum absolute atomic E-state index is 0.321. The van der Waals surface area contributed by atoms with E-state index in [1.54, 1.807) is 12.1 Å². The average molecular weight is 305 g/mol. The number of carboxylic acid groups (broad SMARTS) is 1. The summed E-state index contributed by atoms with van der Waals surface area (Å²) < 4.78 is 0. The molecule has 0 heterocycles. The Hall–Kier alpha value is -1.46. The van der Waals surface area contributed by atoms with Crippen LogP contribution < -0.4 is 10.6 Å². The molecular formula is C12H14Cl2N2O3. The fourth-order valence-corrected chi connectivity index (χ4v) is 1.79. The Balaban J connectivity index is 2.68. The summed E-state index contributed by atoms with van der Waals surface area (Å²) in [7, 11) is 0. The molecule has 19 heavy (non-hydrogen) atoms. The second-order valence-corrected chi connectivity index (χ2v) is 4.75. The van der Waals surface area contributed by atoms with Crippen molar-refractivity contribution in [2.45, 2.75) is 25.8 Å². The Morgan fingerprint density at radius 2 is 2.05 bits per heavy atom. The number of halogens is 2. The lowest BCUT2D eigenvalue weighted by molar-refractivity contribution is -0.139. The van der Waals surface area contributed by atoms with E-state index in [1.807, 2.05) is 6.92 Å². The highest BCUT2D eigenvalue weighted by atomic mass is 35.5. The molecule has 0 saturated carbocycles. The van der Waals surface area contributed by atoms with Gasteiger partial charge in [-0.05, 0) is 24.6 Å². The number of carbonyl (C=O) groups is 2. The average Bonchev–Trinajstić information content (AvgIpc) is 2.33. The zero-order valence-electron chi connectivity index (χ0n) is 10.2. The van der Waals surface area contributed by atoms with E-state index < -0.39 is 18.0 Å². The molecule has 0 saturated heterocycles. The molecule has 0 radical (unpaired) electrons. The number of urea groups is 1. The molecular weight excluding hydrogens is 291 g/mol. The van der Waals surface area contributed by atoms with Crippen LogP contribution in [0.5, 0.6) is 0 Å². The number of aliphatic carboxylic acids is 1. The van der Waals surface area contributed by atoms with Crippen molar-refractivity contribution in [2.75, 3.05) is 5.32 Å². The minimum atomic E-state index is -1.07. The summed E-state index contributed by atoms with van der Waals surface area (Å²) in [6.07, 6.45) is 1.00. The summed E-state index contributed by atoms with van der Waals surface area (Å²) in [6, 6.07) is 3.05. The van der Waals surface area contributed by atoms with E-state index in [2.05, 4.69) is 10.6 Å². The van der Waals surface area contributed by atoms with Crippen molar-refractivity contribution >= 4 is 40.9 Å². The third kappa shape index (κ3) is 4.96. The molecule has 1 unspecified atom stereocenters. The van der Waals surface area contributed by atoms with Crippen LogP contribution in [-0.4, -0.2) is 23.1 Å². The van der Waals surface area contributed by atoms with Crippen molar-refractivity contribution in [2.24, 2.45) is 0 Å². The van der Waals surface area contributed by atoms with Crippen molar-refractivity contribution in [3.05, 3.63) is 28.2 Å². The SMILES string of the molecule is CCCC(NC(=O)Nc1cc(Cl)ccc1Cl)C(=O)O. The highest BCUT2D eigenvalue weighted by Gasteiger charge is 2.19. The van der Waals surface area contributed by atoms with Gasteiger partial charge in [-0.15, -0.1) is 0 Å². The highest BCUT2D eigenvalue weighted by molar-refractivity contribution is 6.35. The Morgan fingerprint density at radius 3 is 2.63 bits per heavy atom. The van der Waals surface area contributed by atoms with Gasteiger partial charge in [-0.25, -0.2) is 9.59 Å². The van der Waals surface area contributed by atoms with Gasteiger partial charge in [0.05, 0.1) is 10.7 Å². The first-order chi connectivity index (χ1) is 8.93. The van der Waals surface area contributed by atoms with Gasteiger partial charge in [0.1, 0.15) is 6.04 Å². The van der Waals surface area contributed by atoms with Gasteiger partial charge in [-0.2, -0.15) is 0 Å². The largest absolute Gasteiger partial charge is 0.480 e. The smallest absolute Gasteiger partial charge is 0.326 e. The van der Waals surface area contributed by atoms with Gasteiger partial charge in [0.15, 0.2) is 0 Å². The molecule has 0 spiro atoms. The maximum absolute atomic E-state index is 11.7. The van der Waals surface area contributed by atoms with Gasteiger partial charge in [0.2, 0.25) is 0 Å². The minimum Gasteiger partial charge on any atom is -0.480 e. The fraction of sp³-hybridized carbons (Fsp3) is 0.333. The van der Waals surface area contributed by atoms with E-state index >= 15 is 0 Å². The summed E-state index contributed by atoms with van der Waals surface area (Å²) in [5, 5.41) is 14.5. The number of hydrogen-bond acceptors (Lipinski definition) is 2. The van der Waals surface area contributed by atoms with Crippen LogP contribution >= 0.6 is 23.2 Å². The van der Waals surface area contributed by atoms with E-state index in [0.717, 1.165) is 0 Å². The number of hydrogen-bond donors (Lipinski definition) is 3. The molecule has 3 N–H and O–H groups in total. The van der Waals surface area contributed by atoms with Crippen molar-refractivity contribution < 1.29 is 14.7 Å². The second kappa shape index (κ2) is 7.21. The van der Waals surface area contributed by atoms with Crippen molar-refractivity contribution in [1.82, 2.24) is 5.32 Å². The number of carboxylic acids is 1. The third-order valence-electron chi connectivity index (χ3n) is 2.36. The van der Waals surface area contributed by atoms with E-state index in [-0.39, 0.29) is 0 Å². The first kappa shape index (κ1) is 15.6. The lowest BCUT2D eigenvalue weighted by Gasteiger charge is -2.14. The normalized spacial score (nSPS) is 11.7. The van der Waals surface area contributed by atoms with Gasteiger partial charge < -0.3 is 15.7 Å². The Bertz CT molecular complexity index is 480. The summed E-state index contributed by atoms with van der Waals surface area (Å²) in [5.41, 5.74) is 0.326. The van der Waals surface area contributed by atoms with E-state index in [9.17, 15) is 9.59 Å². The molecule has 0 bridgehead atoms. The summed E-state index contributed by atoms with van der Waals surface area (Å²) >= 11 is 11.7. The highest BCUT2D eigenvalue weighted by Crippen LogP contribution is 2.25. The predicted octanol–water partition coefficient (Wildman–Crippen LogP) is 3.37. The molecule has 1 aromatic rings. The maximum Gasteiger partial charge on any atom is 0.326 e. The van der Waals surface area contributed by atoms with Gasteiger partial charge in [0.25, 0.3) is 0 Å². The predicted molar refractivity (Wildman–Crippen MR) is 74.9 cm³/mol. The van der Waals surface area contributed by atoms with Crippen LogP contribution in [0.3, 0.4) is 0 Å². The second-order valence-electron chi connectivity index (χ2n) is 3.90. The summed E-state index contributed by atoms with van der Waals surface area (Å²) in [5.74, 6) is -1.07. The number of benzene rings is 1. The Kier molecular flexibility index (Phi) is 5.92. The number of amides is 2. The molecule has 7 heteroatoms. The van der Waals surface area contributed by atoms with Crippen LogP contribution in [-0.2, 0) is 4.79 Å². The van der Waals surface area contributed by atoms with Crippen LogP contribution in [0.4, 0.5) is 10.5 Å². The van der Waals surface area contributed by atoms with Crippen LogP contribution in [0.25, 0.3) is 0 Å². The fourth-order valence-electron chi connectivity index (χ4n) is 1.46. The third-order valence-corrected chi connectivity index (χ3v) is 2.92. The first-order valence-corrected chi connectivity index (χ1v) is 6.45. The van der Waals surface area contributed by atoms with Crippen LogP contribution in [0, 0.1) is 0 Å². The first-order valence-electron chi connectivity index (χ1n) is 5.69. The molecule has 1 rings (SSSR count). The van der Waals surface area contributed by atoms with E-state index in [4.69, 9.17) is 28.3 Å². The van der Waals surface area contributed by atoms with E-state index in [0.29, 0.717) is 28.6 Å². The molecule has 104 valence electrons.